The molecular formula is C29H33BrF3N7O2S. The van der Waals surface area contributed by atoms with E-state index in [-0.39, 0.29) is 16.1 Å². The predicted octanol–water partition coefficient (Wildman–Crippen LogP) is 4.73. The summed E-state index contributed by atoms with van der Waals surface area (Å²) in [5.74, 6) is -2.09. The smallest absolute Gasteiger partial charge is 0.198 e. The molecule has 0 spiro atoms. The normalized spacial score (nSPS) is 19.9. The van der Waals surface area contributed by atoms with E-state index in [4.69, 9.17) is 14.2 Å². The lowest BCUT2D eigenvalue weighted by Gasteiger charge is -2.41. The third-order valence-electron chi connectivity index (χ3n) is 8.31. The summed E-state index contributed by atoms with van der Waals surface area (Å²) >= 11 is 3.07. The molecule has 1 saturated heterocycles. The van der Waals surface area contributed by atoms with Gasteiger partial charge in [0.2, 0.25) is 0 Å². The number of anilines is 1. The molecule has 1 saturated carbocycles. The van der Waals surface area contributed by atoms with Crippen LogP contribution in [0.2, 0.25) is 0 Å². The topological polar surface area (TPSA) is 123 Å². The van der Waals surface area contributed by atoms with Gasteiger partial charge in [-0.15, -0.1) is 0 Å². The van der Waals surface area contributed by atoms with Crippen molar-refractivity contribution in [2.24, 2.45) is 5.14 Å². The fourth-order valence-electron chi connectivity index (χ4n) is 6.18. The Kier molecular flexibility index (Phi) is 9.71. The van der Waals surface area contributed by atoms with Crippen LogP contribution >= 0.6 is 15.9 Å². The Hall–Kier alpha value is -3.04. The maximum atomic E-state index is 15.4. The van der Waals surface area contributed by atoms with E-state index in [1.54, 1.807) is 6.07 Å². The van der Waals surface area contributed by atoms with Gasteiger partial charge in [0.1, 0.15) is 35.2 Å². The van der Waals surface area contributed by atoms with Gasteiger partial charge < -0.3 is 15.2 Å². The van der Waals surface area contributed by atoms with Crippen molar-refractivity contribution in [1.29, 1.82) is 0 Å². The monoisotopic (exact) mass is 679 g/mol. The summed E-state index contributed by atoms with van der Waals surface area (Å²) in [6, 6.07) is 7.45. The van der Waals surface area contributed by atoms with Gasteiger partial charge in [0.05, 0.1) is 10.9 Å². The van der Waals surface area contributed by atoms with E-state index >= 15 is 4.39 Å². The maximum Gasteiger partial charge on any atom is 0.198 e. The molecule has 6 rings (SSSR count). The molecule has 1 aliphatic carbocycles. The Morgan fingerprint density at radius 1 is 0.884 bits per heavy atom. The fourth-order valence-corrected chi connectivity index (χ4v) is 6.58. The fraction of sp³-hybridized carbons (Fsp3) is 0.379. The van der Waals surface area contributed by atoms with Crippen LogP contribution in [0.4, 0.5) is 19.0 Å². The molecule has 2 aliphatic rings. The Morgan fingerprint density at radius 3 is 2.09 bits per heavy atom. The van der Waals surface area contributed by atoms with Gasteiger partial charge in [-0.25, -0.2) is 36.7 Å². The third kappa shape index (κ3) is 6.88. The number of likely N-dealkylation sites (N-methyl/N-ethyl adjacent to an activating group) is 1. The molecule has 9 nitrogen and oxygen atoms in total. The van der Waals surface area contributed by atoms with Gasteiger partial charge in [-0.3, -0.25) is 4.90 Å². The molecule has 4 N–H and O–H groups in total. The highest BCUT2D eigenvalue weighted by Gasteiger charge is 2.30. The minimum Gasteiger partial charge on any atom is -0.383 e. The Balaban J connectivity index is 0.000000868. The predicted molar refractivity (Wildman–Crippen MR) is 165 cm³/mol. The molecule has 4 aromatic rings. The van der Waals surface area contributed by atoms with Gasteiger partial charge in [-0.05, 0) is 56.5 Å². The molecular weight excluding hydrogens is 647 g/mol. The molecule has 230 valence electrons. The lowest BCUT2D eigenvalue weighted by atomic mass is 9.89. The van der Waals surface area contributed by atoms with E-state index in [1.807, 2.05) is 6.20 Å². The lowest BCUT2D eigenvalue weighted by molar-refractivity contribution is 0.0828. The van der Waals surface area contributed by atoms with Crippen molar-refractivity contribution in [2.75, 3.05) is 39.0 Å². The molecule has 3 heterocycles. The van der Waals surface area contributed by atoms with Crippen LogP contribution in [0, 0.1) is 17.5 Å². The number of nitrogen functional groups attached to an aromatic ring is 1. The molecule has 0 amide bonds. The van der Waals surface area contributed by atoms with Crippen LogP contribution in [0.3, 0.4) is 0 Å². The SMILES string of the molecule is CN1CCN(C2CCC(n3cc(-c4ccc(-c5c(F)cc(Br)cc5F)c(F)c4)c4c(N)ncnc43)CC2)CC1.N[SH](=O)=O. The van der Waals surface area contributed by atoms with E-state index < -0.39 is 33.9 Å². The van der Waals surface area contributed by atoms with Crippen molar-refractivity contribution in [2.45, 2.75) is 37.8 Å². The molecule has 1 aliphatic heterocycles. The van der Waals surface area contributed by atoms with Gasteiger partial charge in [0, 0.05) is 60.1 Å². The zero-order chi connectivity index (χ0) is 30.8. The van der Waals surface area contributed by atoms with Crippen molar-refractivity contribution < 1.29 is 21.6 Å². The largest absolute Gasteiger partial charge is 0.383 e. The summed E-state index contributed by atoms with van der Waals surface area (Å²) in [6.45, 7) is 4.44. The summed E-state index contributed by atoms with van der Waals surface area (Å²) < 4.78 is 64.5. The Bertz CT molecular complexity index is 1670. The molecule has 0 radical (unpaired) electrons. The number of hydrogen-bond acceptors (Lipinski definition) is 7. The van der Waals surface area contributed by atoms with Crippen LogP contribution in [0.5, 0.6) is 0 Å². The number of rotatable bonds is 4. The van der Waals surface area contributed by atoms with E-state index in [0.717, 1.165) is 69.6 Å². The average molecular weight is 681 g/mol. The second-order valence-electron chi connectivity index (χ2n) is 10.9. The zero-order valence-corrected chi connectivity index (χ0v) is 26.0. The summed E-state index contributed by atoms with van der Waals surface area (Å²) in [5, 5.41) is 4.72. The minimum absolute atomic E-state index is 0.142. The van der Waals surface area contributed by atoms with E-state index in [0.29, 0.717) is 28.4 Å². The molecule has 2 aromatic carbocycles. The summed E-state index contributed by atoms with van der Waals surface area (Å²) in [5.41, 5.74) is 7.73. The number of piperazine rings is 1. The van der Waals surface area contributed by atoms with Gasteiger partial charge in [-0.1, -0.05) is 28.1 Å². The highest BCUT2D eigenvalue weighted by molar-refractivity contribution is 9.10. The van der Waals surface area contributed by atoms with Crippen LogP contribution in [0.25, 0.3) is 33.3 Å². The molecule has 0 unspecified atom stereocenters. The third-order valence-corrected chi connectivity index (χ3v) is 8.77. The van der Waals surface area contributed by atoms with Gasteiger partial charge in [-0.2, -0.15) is 0 Å². The number of benzene rings is 2. The Morgan fingerprint density at radius 2 is 1.49 bits per heavy atom. The first-order valence-electron chi connectivity index (χ1n) is 13.9. The zero-order valence-electron chi connectivity index (χ0n) is 23.5. The first kappa shape index (κ1) is 31.4. The van der Waals surface area contributed by atoms with Crippen molar-refractivity contribution in [1.82, 2.24) is 24.3 Å². The maximum absolute atomic E-state index is 15.4. The number of hydrogen-bond donors (Lipinski definition) is 3. The second kappa shape index (κ2) is 13.3. The summed E-state index contributed by atoms with van der Waals surface area (Å²) in [7, 11) is -0.446. The van der Waals surface area contributed by atoms with Crippen molar-refractivity contribution >= 4 is 43.7 Å². The van der Waals surface area contributed by atoms with Gasteiger partial charge in [0.15, 0.2) is 10.9 Å². The number of thiol groups is 1. The van der Waals surface area contributed by atoms with E-state index in [1.165, 1.54) is 18.5 Å². The highest BCUT2D eigenvalue weighted by atomic mass is 79.9. The highest BCUT2D eigenvalue weighted by Crippen LogP contribution is 2.40. The van der Waals surface area contributed by atoms with Gasteiger partial charge >= 0.3 is 0 Å². The number of nitrogens with zero attached hydrogens (tertiary/aromatic N) is 5. The van der Waals surface area contributed by atoms with Crippen molar-refractivity contribution in [3.63, 3.8) is 0 Å². The minimum atomic E-state index is -2.62. The van der Waals surface area contributed by atoms with Gasteiger partial charge in [0.25, 0.3) is 0 Å². The molecule has 2 fully saturated rings. The number of halogens is 4. The molecule has 14 heteroatoms. The summed E-state index contributed by atoms with van der Waals surface area (Å²) in [6.07, 6.45) is 7.68. The van der Waals surface area contributed by atoms with Crippen LogP contribution < -0.4 is 10.9 Å². The average Bonchev–Trinajstić information content (AvgIpc) is 3.35. The van der Waals surface area contributed by atoms with Crippen LogP contribution in [-0.2, 0) is 10.9 Å². The van der Waals surface area contributed by atoms with Crippen molar-refractivity contribution in [3.05, 3.63) is 64.8 Å². The molecule has 2 aromatic heterocycles. The molecule has 0 atom stereocenters. The van der Waals surface area contributed by atoms with Crippen LogP contribution in [-0.4, -0.2) is 72.0 Å². The summed E-state index contributed by atoms with van der Waals surface area (Å²) in [4.78, 5) is 13.8. The number of fused-ring (bicyclic) bond motifs is 1. The Labute approximate surface area is 257 Å². The van der Waals surface area contributed by atoms with Crippen molar-refractivity contribution in [3.8, 4) is 22.3 Å². The van der Waals surface area contributed by atoms with Crippen LogP contribution in [0.1, 0.15) is 31.7 Å². The first-order valence-corrected chi connectivity index (χ1v) is 15.9. The van der Waals surface area contributed by atoms with E-state index in [2.05, 4.69) is 52.5 Å². The number of nitrogens with two attached hydrogens (primary N) is 2. The number of aromatic nitrogens is 3. The lowest BCUT2D eigenvalue weighted by Crippen LogP contribution is -2.49. The molecule has 43 heavy (non-hydrogen) atoms. The quantitative estimate of drug-likeness (QED) is 0.267. The second-order valence-corrected chi connectivity index (χ2v) is 12.4. The standard InChI is InChI=1S/C29H30BrF3N6.H3NO2S/c1-37-8-10-38(11-9-37)19-3-5-20(6-4-19)39-15-22(27-28(34)35-16-36-29(27)39)17-2-7-21(23(31)12-17)26-24(32)13-18(30)14-25(26)33;1-4(2)3/h2,7,12-16,19-20H,3-6,8-11H2,1H3,(H2,34,35,36);4H,(H2,1,2,3). The first-order chi connectivity index (χ1) is 20.5. The van der Waals surface area contributed by atoms with Crippen LogP contribution in [0.15, 0.2) is 47.3 Å². The molecule has 0 bridgehead atoms. The van der Waals surface area contributed by atoms with E-state index in [9.17, 15) is 8.78 Å².